The number of para-hydroxylation sites is 1. The van der Waals surface area contributed by atoms with E-state index < -0.39 is 0 Å². The lowest BCUT2D eigenvalue weighted by atomic mass is 9.93. The van der Waals surface area contributed by atoms with Crippen LogP contribution in [0, 0.1) is 0 Å². The largest absolute Gasteiger partial charge is 0.310 e. The van der Waals surface area contributed by atoms with Gasteiger partial charge in [0.05, 0.1) is 5.69 Å². The van der Waals surface area contributed by atoms with Gasteiger partial charge in [-0.05, 0) is 114 Å². The van der Waals surface area contributed by atoms with Gasteiger partial charge >= 0.3 is 0 Å². The molecule has 59 heavy (non-hydrogen) atoms. The van der Waals surface area contributed by atoms with E-state index in [9.17, 15) is 0 Å². The lowest BCUT2D eigenvalue weighted by Crippen LogP contribution is -2.11. The molecule has 1 nitrogen and oxygen atoms in total. The van der Waals surface area contributed by atoms with Crippen LogP contribution in [0.4, 0.5) is 17.1 Å². The van der Waals surface area contributed by atoms with E-state index >= 15 is 0 Å². The number of nitrogens with zero attached hydrogens (tertiary/aromatic N) is 1. The van der Waals surface area contributed by atoms with Crippen LogP contribution in [0.2, 0.25) is 0 Å². The smallest absolute Gasteiger partial charge is 0.0540 e. The molecule has 0 aliphatic heterocycles. The Bertz CT molecular complexity index is 3000. The van der Waals surface area contributed by atoms with Crippen molar-refractivity contribution in [3.63, 3.8) is 0 Å². The third-order valence-electron chi connectivity index (χ3n) is 11.3. The zero-order valence-electron chi connectivity index (χ0n) is 32.6. The standard InChI is InChI=1S/C58H41N/c1-3-14-42(15-4-1)45-32-36-53(37-33-45)59(58-25-12-11-24-57(58)56-23-10-9-22-55(56)48-17-5-2-6-18-48)54-38-34-46(35-39-54)44-26-28-47(29-27-44)50-20-13-21-51(40-50)52-31-30-43-16-7-8-19-49(43)41-52/h1-41H. The number of hydrogen-bond donors (Lipinski definition) is 0. The fourth-order valence-corrected chi connectivity index (χ4v) is 8.25. The number of fused-ring (bicyclic) bond motifs is 1. The van der Waals surface area contributed by atoms with Crippen molar-refractivity contribution in [1.82, 2.24) is 0 Å². The van der Waals surface area contributed by atoms with E-state index in [4.69, 9.17) is 0 Å². The summed E-state index contributed by atoms with van der Waals surface area (Å²) in [6, 6.07) is 89.7. The minimum Gasteiger partial charge on any atom is -0.310 e. The monoisotopic (exact) mass is 751 g/mol. The Hall–Kier alpha value is -7.74. The van der Waals surface area contributed by atoms with Crippen molar-refractivity contribution in [2.24, 2.45) is 0 Å². The predicted octanol–water partition coefficient (Wildman–Crippen LogP) is 16.3. The summed E-state index contributed by atoms with van der Waals surface area (Å²) in [5, 5.41) is 2.52. The van der Waals surface area contributed by atoms with Gasteiger partial charge in [-0.2, -0.15) is 0 Å². The Labute approximate surface area is 346 Å². The Morgan fingerprint density at radius 2 is 0.593 bits per heavy atom. The summed E-state index contributed by atoms with van der Waals surface area (Å²) in [5.41, 5.74) is 17.7. The molecule has 278 valence electrons. The number of hydrogen-bond acceptors (Lipinski definition) is 1. The second kappa shape index (κ2) is 16.0. The average molecular weight is 752 g/mol. The van der Waals surface area contributed by atoms with Gasteiger partial charge in [0.2, 0.25) is 0 Å². The Balaban J connectivity index is 0.994. The second-order valence-corrected chi connectivity index (χ2v) is 14.9. The van der Waals surface area contributed by atoms with Crippen molar-refractivity contribution < 1.29 is 0 Å². The highest BCUT2D eigenvalue weighted by Crippen LogP contribution is 2.44. The van der Waals surface area contributed by atoms with Gasteiger partial charge in [0, 0.05) is 16.9 Å². The first-order valence-electron chi connectivity index (χ1n) is 20.2. The minimum atomic E-state index is 1.09. The first-order chi connectivity index (χ1) is 29.2. The molecule has 0 heterocycles. The molecule has 0 radical (unpaired) electrons. The average Bonchev–Trinajstić information content (AvgIpc) is 3.33. The summed E-state index contributed by atoms with van der Waals surface area (Å²) in [6.07, 6.45) is 0. The van der Waals surface area contributed by atoms with E-state index in [0.717, 1.165) is 17.1 Å². The Morgan fingerprint density at radius 3 is 1.22 bits per heavy atom. The van der Waals surface area contributed by atoms with Gasteiger partial charge in [-0.15, -0.1) is 0 Å². The van der Waals surface area contributed by atoms with Gasteiger partial charge in [0.25, 0.3) is 0 Å². The normalized spacial score (nSPS) is 11.1. The molecule has 1 heteroatoms. The van der Waals surface area contributed by atoms with Crippen molar-refractivity contribution in [2.75, 3.05) is 4.90 Å². The SMILES string of the molecule is c1ccc(-c2ccc(N(c3ccc(-c4ccc(-c5cccc(-c6ccc7ccccc7c6)c5)cc4)cc3)c3ccccc3-c3ccccc3-c3ccccc3)cc2)cc1. The minimum absolute atomic E-state index is 1.09. The second-order valence-electron chi connectivity index (χ2n) is 14.9. The predicted molar refractivity (Wildman–Crippen MR) is 251 cm³/mol. The summed E-state index contributed by atoms with van der Waals surface area (Å²) >= 11 is 0. The molecule has 0 aromatic heterocycles. The van der Waals surface area contributed by atoms with Gasteiger partial charge in [0.15, 0.2) is 0 Å². The molecule has 0 fully saturated rings. The fraction of sp³-hybridized carbons (Fsp3) is 0. The van der Waals surface area contributed by atoms with Crippen LogP contribution >= 0.6 is 0 Å². The topological polar surface area (TPSA) is 3.24 Å². The molecule has 0 saturated heterocycles. The number of rotatable bonds is 9. The third-order valence-corrected chi connectivity index (χ3v) is 11.3. The molecular weight excluding hydrogens is 711 g/mol. The van der Waals surface area contributed by atoms with Crippen LogP contribution < -0.4 is 4.90 Å². The molecule has 0 amide bonds. The van der Waals surface area contributed by atoms with Crippen molar-refractivity contribution >= 4 is 27.8 Å². The van der Waals surface area contributed by atoms with Crippen molar-refractivity contribution in [3.05, 3.63) is 249 Å². The zero-order chi connectivity index (χ0) is 39.4. The van der Waals surface area contributed by atoms with Gasteiger partial charge in [-0.25, -0.2) is 0 Å². The van der Waals surface area contributed by atoms with Crippen LogP contribution in [0.25, 0.3) is 77.5 Å². The van der Waals surface area contributed by atoms with Crippen molar-refractivity contribution in [2.45, 2.75) is 0 Å². The molecule has 0 spiro atoms. The highest BCUT2D eigenvalue weighted by molar-refractivity contribution is 5.94. The quantitative estimate of drug-likeness (QED) is 0.142. The van der Waals surface area contributed by atoms with Crippen LogP contribution in [0.3, 0.4) is 0 Å². The van der Waals surface area contributed by atoms with E-state index in [1.807, 2.05) is 0 Å². The van der Waals surface area contributed by atoms with Crippen molar-refractivity contribution in [1.29, 1.82) is 0 Å². The van der Waals surface area contributed by atoms with Gasteiger partial charge in [-0.1, -0.05) is 206 Å². The van der Waals surface area contributed by atoms with Crippen LogP contribution in [0.15, 0.2) is 249 Å². The highest BCUT2D eigenvalue weighted by Gasteiger charge is 2.19. The highest BCUT2D eigenvalue weighted by atomic mass is 15.1. The molecule has 10 aromatic carbocycles. The lowest BCUT2D eigenvalue weighted by Gasteiger charge is -2.29. The maximum atomic E-state index is 2.39. The van der Waals surface area contributed by atoms with E-state index in [1.54, 1.807) is 0 Å². The fourth-order valence-electron chi connectivity index (χ4n) is 8.25. The zero-order valence-corrected chi connectivity index (χ0v) is 32.6. The lowest BCUT2D eigenvalue weighted by molar-refractivity contribution is 1.28. The van der Waals surface area contributed by atoms with Crippen LogP contribution in [0.1, 0.15) is 0 Å². The summed E-state index contributed by atoms with van der Waals surface area (Å²) in [7, 11) is 0. The molecule has 0 aliphatic carbocycles. The molecular formula is C58H41N. The van der Waals surface area contributed by atoms with E-state index in [1.165, 1.54) is 77.5 Å². The molecule has 10 aromatic rings. The summed E-state index contributed by atoms with van der Waals surface area (Å²) in [5.74, 6) is 0. The molecule has 0 N–H and O–H groups in total. The first kappa shape index (κ1) is 35.7. The van der Waals surface area contributed by atoms with Crippen LogP contribution in [-0.2, 0) is 0 Å². The van der Waals surface area contributed by atoms with E-state index in [-0.39, 0.29) is 0 Å². The maximum absolute atomic E-state index is 2.39. The molecule has 0 unspecified atom stereocenters. The van der Waals surface area contributed by atoms with E-state index in [2.05, 4.69) is 254 Å². The number of benzene rings is 10. The maximum Gasteiger partial charge on any atom is 0.0540 e. The molecule has 0 bridgehead atoms. The van der Waals surface area contributed by atoms with Gasteiger partial charge in [0.1, 0.15) is 0 Å². The van der Waals surface area contributed by atoms with Crippen LogP contribution in [-0.4, -0.2) is 0 Å². The summed E-state index contributed by atoms with van der Waals surface area (Å²) < 4.78 is 0. The van der Waals surface area contributed by atoms with Gasteiger partial charge < -0.3 is 4.90 Å². The first-order valence-corrected chi connectivity index (χ1v) is 20.2. The van der Waals surface area contributed by atoms with Gasteiger partial charge in [-0.3, -0.25) is 0 Å². The summed E-state index contributed by atoms with van der Waals surface area (Å²) in [4.78, 5) is 2.39. The van der Waals surface area contributed by atoms with E-state index in [0.29, 0.717) is 0 Å². The Morgan fingerprint density at radius 1 is 0.203 bits per heavy atom. The molecule has 10 rings (SSSR count). The van der Waals surface area contributed by atoms with Crippen molar-refractivity contribution in [3.8, 4) is 66.8 Å². The molecule has 0 atom stereocenters. The molecule has 0 saturated carbocycles. The number of anilines is 3. The van der Waals surface area contributed by atoms with Crippen LogP contribution in [0.5, 0.6) is 0 Å². The summed E-state index contributed by atoms with van der Waals surface area (Å²) in [6.45, 7) is 0. The Kier molecular flexibility index (Phi) is 9.68. The third kappa shape index (κ3) is 7.34. The molecule has 0 aliphatic rings.